The molecule has 0 aliphatic heterocycles. The summed E-state index contributed by atoms with van der Waals surface area (Å²) in [5, 5.41) is 3.08. The summed E-state index contributed by atoms with van der Waals surface area (Å²) in [6.45, 7) is 1.91. The molecule has 2 rings (SSSR count). The van der Waals surface area contributed by atoms with Crippen LogP contribution >= 0.6 is 15.9 Å². The largest absolute Gasteiger partial charge is 0.416 e. The van der Waals surface area contributed by atoms with Crippen molar-refractivity contribution in [2.45, 2.75) is 19.1 Å². The normalized spacial score (nSPS) is 13.1. The van der Waals surface area contributed by atoms with Gasteiger partial charge in [-0.2, -0.15) is 13.2 Å². The summed E-state index contributed by atoms with van der Waals surface area (Å²) in [6, 6.07) is 13.3. The number of nitrogens with one attached hydrogen (secondary N) is 1. The summed E-state index contributed by atoms with van der Waals surface area (Å²) in [4.78, 5) is 0. The zero-order chi connectivity index (χ0) is 14.8. The smallest absolute Gasteiger partial charge is 0.378 e. The molecule has 0 spiro atoms. The molecule has 0 aliphatic carbocycles. The van der Waals surface area contributed by atoms with Crippen LogP contribution in [0.2, 0.25) is 0 Å². The fraction of sp³-hybridized carbons (Fsp3) is 0.200. The molecule has 0 amide bonds. The molecule has 0 fully saturated rings. The molecule has 0 radical (unpaired) electrons. The monoisotopic (exact) mass is 343 g/mol. The first-order valence-corrected chi connectivity index (χ1v) is 6.85. The predicted octanol–water partition coefficient (Wildman–Crippen LogP) is 5.64. The van der Waals surface area contributed by atoms with Crippen LogP contribution in [-0.4, -0.2) is 0 Å². The van der Waals surface area contributed by atoms with E-state index in [1.54, 1.807) is 6.07 Å². The van der Waals surface area contributed by atoms with Gasteiger partial charge < -0.3 is 5.32 Å². The minimum Gasteiger partial charge on any atom is -0.378 e. The van der Waals surface area contributed by atoms with E-state index in [9.17, 15) is 13.2 Å². The van der Waals surface area contributed by atoms with Crippen LogP contribution in [0.1, 0.15) is 24.1 Å². The molecule has 1 unspecified atom stereocenters. The van der Waals surface area contributed by atoms with E-state index in [1.807, 2.05) is 37.3 Å². The molecule has 106 valence electrons. The number of alkyl halides is 3. The Kier molecular flexibility index (Phi) is 4.38. The first kappa shape index (κ1) is 14.9. The summed E-state index contributed by atoms with van der Waals surface area (Å²) in [5.74, 6) is 0. The third kappa shape index (κ3) is 3.76. The van der Waals surface area contributed by atoms with Gasteiger partial charge in [-0.05, 0) is 30.7 Å². The molecule has 0 bridgehead atoms. The fourth-order valence-corrected chi connectivity index (χ4v) is 2.40. The second kappa shape index (κ2) is 5.87. The predicted molar refractivity (Wildman–Crippen MR) is 77.6 cm³/mol. The summed E-state index contributed by atoms with van der Waals surface area (Å²) >= 11 is 3.11. The Morgan fingerprint density at radius 1 is 1.05 bits per heavy atom. The maximum absolute atomic E-state index is 12.8. The van der Waals surface area contributed by atoms with E-state index in [2.05, 4.69) is 21.2 Å². The zero-order valence-electron chi connectivity index (χ0n) is 10.7. The van der Waals surface area contributed by atoms with Crippen LogP contribution in [0.5, 0.6) is 0 Å². The van der Waals surface area contributed by atoms with Crippen LogP contribution in [-0.2, 0) is 6.18 Å². The Balaban J connectivity index is 2.24. The van der Waals surface area contributed by atoms with E-state index in [4.69, 9.17) is 0 Å². The molecular formula is C15H13BrF3N. The van der Waals surface area contributed by atoms with E-state index < -0.39 is 11.7 Å². The van der Waals surface area contributed by atoms with Crippen molar-refractivity contribution in [3.05, 3.63) is 64.1 Å². The van der Waals surface area contributed by atoms with Gasteiger partial charge in [0, 0.05) is 16.2 Å². The lowest BCUT2D eigenvalue weighted by Gasteiger charge is -2.17. The maximum atomic E-state index is 12.8. The average Bonchev–Trinajstić information content (AvgIpc) is 2.38. The van der Waals surface area contributed by atoms with Crippen molar-refractivity contribution >= 4 is 21.6 Å². The van der Waals surface area contributed by atoms with E-state index in [-0.39, 0.29) is 6.04 Å². The molecule has 1 N–H and O–H groups in total. The molecular weight excluding hydrogens is 331 g/mol. The second-order valence-corrected chi connectivity index (χ2v) is 5.42. The zero-order valence-corrected chi connectivity index (χ0v) is 12.3. The molecule has 20 heavy (non-hydrogen) atoms. The molecule has 0 aliphatic rings. The first-order chi connectivity index (χ1) is 9.36. The third-order valence-corrected chi connectivity index (χ3v) is 3.37. The van der Waals surface area contributed by atoms with Crippen LogP contribution in [0, 0.1) is 0 Å². The highest BCUT2D eigenvalue weighted by Gasteiger charge is 2.31. The van der Waals surface area contributed by atoms with Crippen molar-refractivity contribution in [1.82, 2.24) is 0 Å². The molecule has 1 atom stereocenters. The van der Waals surface area contributed by atoms with E-state index in [0.717, 1.165) is 17.7 Å². The minimum atomic E-state index is -4.35. The molecule has 1 nitrogen and oxygen atoms in total. The van der Waals surface area contributed by atoms with Gasteiger partial charge >= 0.3 is 6.18 Å². The molecule has 5 heteroatoms. The van der Waals surface area contributed by atoms with Crippen molar-refractivity contribution < 1.29 is 13.2 Å². The van der Waals surface area contributed by atoms with Crippen LogP contribution in [0.15, 0.2) is 53.0 Å². The summed E-state index contributed by atoms with van der Waals surface area (Å²) in [6.07, 6.45) is -4.35. The average molecular weight is 344 g/mol. The quantitative estimate of drug-likeness (QED) is 0.760. The SMILES string of the molecule is CC(Nc1cc(Br)cc(C(F)(F)F)c1)c1ccccc1. The maximum Gasteiger partial charge on any atom is 0.416 e. The summed E-state index contributed by atoms with van der Waals surface area (Å²) in [5.41, 5.74) is 0.777. The van der Waals surface area contributed by atoms with Crippen LogP contribution < -0.4 is 5.32 Å². The Morgan fingerprint density at radius 3 is 2.30 bits per heavy atom. The lowest BCUT2D eigenvalue weighted by atomic mass is 10.1. The Morgan fingerprint density at radius 2 is 1.70 bits per heavy atom. The Hall–Kier alpha value is -1.49. The lowest BCUT2D eigenvalue weighted by molar-refractivity contribution is -0.137. The molecule has 2 aromatic carbocycles. The van der Waals surface area contributed by atoms with Gasteiger partial charge in [0.05, 0.1) is 5.56 Å². The Labute approximate surface area is 123 Å². The van der Waals surface area contributed by atoms with Crippen LogP contribution in [0.25, 0.3) is 0 Å². The lowest BCUT2D eigenvalue weighted by Crippen LogP contribution is -2.09. The highest BCUT2D eigenvalue weighted by atomic mass is 79.9. The van der Waals surface area contributed by atoms with Crippen molar-refractivity contribution in [3.8, 4) is 0 Å². The first-order valence-electron chi connectivity index (χ1n) is 6.05. The Bertz CT molecular complexity index is 581. The van der Waals surface area contributed by atoms with Gasteiger partial charge in [0.15, 0.2) is 0 Å². The molecule has 0 heterocycles. The van der Waals surface area contributed by atoms with Crippen molar-refractivity contribution in [2.75, 3.05) is 5.32 Å². The van der Waals surface area contributed by atoms with Crippen molar-refractivity contribution in [1.29, 1.82) is 0 Å². The number of anilines is 1. The van der Waals surface area contributed by atoms with Crippen molar-refractivity contribution in [3.63, 3.8) is 0 Å². The standard InChI is InChI=1S/C15H13BrF3N/c1-10(11-5-3-2-4-6-11)20-14-8-12(15(17,18)19)7-13(16)9-14/h2-10,20H,1H3. The van der Waals surface area contributed by atoms with Gasteiger partial charge in [0.1, 0.15) is 0 Å². The summed E-state index contributed by atoms with van der Waals surface area (Å²) < 4.78 is 38.7. The van der Waals surface area contributed by atoms with E-state index in [1.165, 1.54) is 0 Å². The van der Waals surface area contributed by atoms with Crippen molar-refractivity contribution in [2.24, 2.45) is 0 Å². The number of hydrogen-bond acceptors (Lipinski definition) is 1. The molecule has 0 saturated heterocycles. The van der Waals surface area contributed by atoms with Gasteiger partial charge in [0.2, 0.25) is 0 Å². The number of rotatable bonds is 3. The number of hydrogen-bond donors (Lipinski definition) is 1. The van der Waals surface area contributed by atoms with Crippen LogP contribution in [0.4, 0.5) is 18.9 Å². The highest BCUT2D eigenvalue weighted by molar-refractivity contribution is 9.10. The number of halogens is 4. The van der Waals surface area contributed by atoms with Gasteiger partial charge in [-0.1, -0.05) is 46.3 Å². The minimum absolute atomic E-state index is 0.0772. The number of benzene rings is 2. The van der Waals surface area contributed by atoms with Gasteiger partial charge in [-0.15, -0.1) is 0 Å². The molecule has 2 aromatic rings. The van der Waals surface area contributed by atoms with Gasteiger partial charge in [-0.25, -0.2) is 0 Å². The summed E-state index contributed by atoms with van der Waals surface area (Å²) in [7, 11) is 0. The fourth-order valence-electron chi connectivity index (χ4n) is 1.91. The topological polar surface area (TPSA) is 12.0 Å². The van der Waals surface area contributed by atoms with Gasteiger partial charge in [0.25, 0.3) is 0 Å². The molecule has 0 saturated carbocycles. The van der Waals surface area contributed by atoms with Crippen LogP contribution in [0.3, 0.4) is 0 Å². The second-order valence-electron chi connectivity index (χ2n) is 4.50. The van der Waals surface area contributed by atoms with E-state index >= 15 is 0 Å². The third-order valence-electron chi connectivity index (χ3n) is 2.91. The molecule has 0 aromatic heterocycles. The van der Waals surface area contributed by atoms with E-state index in [0.29, 0.717) is 10.2 Å². The highest BCUT2D eigenvalue weighted by Crippen LogP contribution is 2.34. The van der Waals surface area contributed by atoms with Gasteiger partial charge in [-0.3, -0.25) is 0 Å².